The van der Waals surface area contributed by atoms with Crippen molar-refractivity contribution in [2.24, 2.45) is 0 Å². The van der Waals surface area contributed by atoms with Gasteiger partial charge in [0, 0.05) is 17.2 Å². The molecule has 1 heterocycles. The van der Waals surface area contributed by atoms with Gasteiger partial charge in [0.15, 0.2) is 0 Å². The average Bonchev–Trinajstić information content (AvgIpc) is 2.77. The fourth-order valence-electron chi connectivity index (χ4n) is 1.66. The van der Waals surface area contributed by atoms with Gasteiger partial charge in [0.1, 0.15) is 11.2 Å². The molecule has 0 aliphatic rings. The summed E-state index contributed by atoms with van der Waals surface area (Å²) in [6.45, 7) is 1.05. The summed E-state index contributed by atoms with van der Waals surface area (Å²) in [7, 11) is 0. The highest BCUT2D eigenvalue weighted by Gasteiger charge is 2.31. The molecule has 1 aromatic rings. The third-order valence-corrected chi connectivity index (χ3v) is 3.28. The number of nitrogens with zero attached hydrogens (tertiary/aromatic N) is 1. The summed E-state index contributed by atoms with van der Waals surface area (Å²) in [5.74, 6) is -0.448. The normalized spacial score (nSPS) is 11.6. The molecule has 0 radical (unpaired) electrons. The number of hydrogen-bond donors (Lipinski definition) is 4. The Balaban J connectivity index is 2.94. The molecule has 0 aromatic carbocycles. The second-order valence-corrected chi connectivity index (χ2v) is 5.36. The fraction of sp³-hybridized carbons (Fsp3) is 0.583. The van der Waals surface area contributed by atoms with Crippen LogP contribution in [0.2, 0.25) is 0 Å². The first-order valence-corrected chi connectivity index (χ1v) is 6.82. The maximum atomic E-state index is 12.2. The van der Waals surface area contributed by atoms with Crippen LogP contribution in [0.5, 0.6) is 0 Å². The lowest BCUT2D eigenvalue weighted by atomic mass is 10.0. The SMILES string of the molecule is CCCn1cc(Br)cc1C(=O)NC(CO)(CO)CO. The Morgan fingerprint density at radius 1 is 1.37 bits per heavy atom. The molecule has 0 atom stereocenters. The van der Waals surface area contributed by atoms with E-state index in [1.54, 1.807) is 16.8 Å². The van der Waals surface area contributed by atoms with Gasteiger partial charge in [0.05, 0.1) is 19.8 Å². The van der Waals surface area contributed by atoms with Gasteiger partial charge in [-0.3, -0.25) is 4.79 Å². The Hall–Kier alpha value is -0.890. The van der Waals surface area contributed by atoms with Crippen LogP contribution in [0.25, 0.3) is 0 Å². The molecule has 0 saturated carbocycles. The van der Waals surface area contributed by atoms with E-state index in [-0.39, 0.29) is 0 Å². The highest BCUT2D eigenvalue weighted by molar-refractivity contribution is 9.10. The van der Waals surface area contributed by atoms with Gasteiger partial charge >= 0.3 is 0 Å². The van der Waals surface area contributed by atoms with E-state index < -0.39 is 31.3 Å². The lowest BCUT2D eigenvalue weighted by molar-refractivity contribution is 0.0371. The quantitative estimate of drug-likeness (QED) is 0.569. The number of carbonyl (C=O) groups excluding carboxylic acids is 1. The Bertz CT molecular complexity index is 421. The molecule has 1 rings (SSSR count). The molecular formula is C12H19BrN2O4. The van der Waals surface area contributed by atoms with Crippen LogP contribution in [0.3, 0.4) is 0 Å². The fourth-order valence-corrected chi connectivity index (χ4v) is 2.13. The van der Waals surface area contributed by atoms with E-state index in [0.29, 0.717) is 12.2 Å². The zero-order valence-corrected chi connectivity index (χ0v) is 12.4. The molecule has 4 N–H and O–H groups in total. The molecule has 0 spiro atoms. The van der Waals surface area contributed by atoms with Crippen molar-refractivity contribution in [2.45, 2.75) is 25.4 Å². The third kappa shape index (κ3) is 3.79. The van der Waals surface area contributed by atoms with E-state index in [1.807, 2.05) is 6.92 Å². The van der Waals surface area contributed by atoms with Crippen LogP contribution < -0.4 is 5.32 Å². The van der Waals surface area contributed by atoms with Crippen LogP contribution in [0.15, 0.2) is 16.7 Å². The second kappa shape index (κ2) is 7.04. The summed E-state index contributed by atoms with van der Waals surface area (Å²) in [4.78, 5) is 12.2. The van der Waals surface area contributed by atoms with Crippen LogP contribution in [0.1, 0.15) is 23.8 Å². The predicted octanol–water partition coefficient (Wildman–Crippen LogP) is 0.106. The van der Waals surface area contributed by atoms with Crippen LogP contribution in [-0.4, -0.2) is 51.2 Å². The summed E-state index contributed by atoms with van der Waals surface area (Å²) >= 11 is 3.30. The van der Waals surface area contributed by atoms with Crippen molar-refractivity contribution in [1.29, 1.82) is 0 Å². The van der Waals surface area contributed by atoms with E-state index in [9.17, 15) is 20.1 Å². The molecular weight excluding hydrogens is 316 g/mol. The zero-order chi connectivity index (χ0) is 14.5. The van der Waals surface area contributed by atoms with Crippen molar-refractivity contribution < 1.29 is 20.1 Å². The minimum atomic E-state index is -1.41. The highest BCUT2D eigenvalue weighted by atomic mass is 79.9. The van der Waals surface area contributed by atoms with Gasteiger partial charge in [-0.1, -0.05) is 6.92 Å². The Labute approximate surface area is 120 Å². The summed E-state index contributed by atoms with van der Waals surface area (Å²) in [5.41, 5.74) is -1.00. The minimum absolute atomic E-state index is 0.411. The van der Waals surface area contributed by atoms with E-state index in [1.165, 1.54) is 0 Å². The number of carbonyl (C=O) groups is 1. The molecule has 7 heteroatoms. The first kappa shape index (κ1) is 16.2. The number of amides is 1. The number of halogens is 1. The monoisotopic (exact) mass is 334 g/mol. The number of aromatic nitrogens is 1. The predicted molar refractivity (Wildman–Crippen MR) is 73.9 cm³/mol. The number of nitrogens with one attached hydrogen (secondary N) is 1. The van der Waals surface area contributed by atoms with E-state index >= 15 is 0 Å². The standard InChI is InChI=1S/C12H19BrN2O4/c1-2-3-15-5-9(13)4-10(15)11(19)14-12(6-16,7-17)8-18/h4-5,16-18H,2-3,6-8H2,1H3,(H,14,19). The minimum Gasteiger partial charge on any atom is -0.394 e. The number of aliphatic hydroxyl groups excluding tert-OH is 3. The van der Waals surface area contributed by atoms with Crippen molar-refractivity contribution in [2.75, 3.05) is 19.8 Å². The van der Waals surface area contributed by atoms with Crippen molar-refractivity contribution in [3.8, 4) is 0 Å². The Morgan fingerprint density at radius 2 is 1.95 bits per heavy atom. The van der Waals surface area contributed by atoms with Gasteiger partial charge in [-0.15, -0.1) is 0 Å². The molecule has 0 bridgehead atoms. The number of rotatable bonds is 7. The van der Waals surface area contributed by atoms with Crippen molar-refractivity contribution in [3.05, 3.63) is 22.4 Å². The molecule has 0 aliphatic heterocycles. The summed E-state index contributed by atoms with van der Waals surface area (Å²) in [6, 6.07) is 1.65. The van der Waals surface area contributed by atoms with E-state index in [2.05, 4.69) is 21.2 Å². The lowest BCUT2D eigenvalue weighted by Crippen LogP contribution is -2.57. The largest absolute Gasteiger partial charge is 0.394 e. The Morgan fingerprint density at radius 3 is 2.42 bits per heavy atom. The smallest absolute Gasteiger partial charge is 0.268 e. The number of aliphatic hydroxyl groups is 3. The number of hydrogen-bond acceptors (Lipinski definition) is 4. The Kier molecular flexibility index (Phi) is 5.99. The zero-order valence-electron chi connectivity index (χ0n) is 10.8. The summed E-state index contributed by atoms with van der Waals surface area (Å²) in [6.07, 6.45) is 2.66. The maximum absolute atomic E-state index is 12.2. The van der Waals surface area contributed by atoms with Crippen LogP contribution in [0.4, 0.5) is 0 Å². The van der Waals surface area contributed by atoms with Gasteiger partial charge in [0.25, 0.3) is 5.91 Å². The first-order chi connectivity index (χ1) is 9.01. The molecule has 108 valence electrons. The average molecular weight is 335 g/mol. The summed E-state index contributed by atoms with van der Waals surface area (Å²) in [5, 5.41) is 30.1. The van der Waals surface area contributed by atoms with E-state index in [4.69, 9.17) is 0 Å². The van der Waals surface area contributed by atoms with Crippen LogP contribution in [0, 0.1) is 0 Å². The van der Waals surface area contributed by atoms with Crippen LogP contribution in [-0.2, 0) is 6.54 Å². The van der Waals surface area contributed by atoms with Crippen LogP contribution >= 0.6 is 15.9 Å². The van der Waals surface area contributed by atoms with Crippen molar-refractivity contribution in [3.63, 3.8) is 0 Å². The molecule has 0 aliphatic carbocycles. The third-order valence-electron chi connectivity index (χ3n) is 2.85. The van der Waals surface area contributed by atoms with E-state index in [0.717, 1.165) is 10.9 Å². The number of aryl methyl sites for hydroxylation is 1. The van der Waals surface area contributed by atoms with Crippen molar-refractivity contribution >= 4 is 21.8 Å². The topological polar surface area (TPSA) is 94.7 Å². The molecule has 0 fully saturated rings. The molecule has 6 nitrogen and oxygen atoms in total. The van der Waals surface area contributed by atoms with Gasteiger partial charge in [0.2, 0.25) is 0 Å². The van der Waals surface area contributed by atoms with Gasteiger partial charge in [-0.25, -0.2) is 0 Å². The summed E-state index contributed by atoms with van der Waals surface area (Å²) < 4.78 is 2.55. The molecule has 1 aromatic heterocycles. The lowest BCUT2D eigenvalue weighted by Gasteiger charge is -2.28. The molecule has 19 heavy (non-hydrogen) atoms. The van der Waals surface area contributed by atoms with Gasteiger partial charge in [-0.05, 0) is 28.4 Å². The molecule has 0 unspecified atom stereocenters. The molecule has 1 amide bonds. The second-order valence-electron chi connectivity index (χ2n) is 4.45. The first-order valence-electron chi connectivity index (χ1n) is 6.02. The van der Waals surface area contributed by atoms with Crippen molar-refractivity contribution in [1.82, 2.24) is 9.88 Å². The molecule has 0 saturated heterocycles. The van der Waals surface area contributed by atoms with Gasteiger partial charge in [-0.2, -0.15) is 0 Å². The maximum Gasteiger partial charge on any atom is 0.268 e. The highest BCUT2D eigenvalue weighted by Crippen LogP contribution is 2.16. The van der Waals surface area contributed by atoms with Gasteiger partial charge < -0.3 is 25.2 Å².